The summed E-state index contributed by atoms with van der Waals surface area (Å²) in [6.07, 6.45) is 0. The maximum absolute atomic E-state index is 13.5. The molecule has 0 aliphatic heterocycles. The van der Waals surface area contributed by atoms with Gasteiger partial charge >= 0.3 is 0 Å². The topological polar surface area (TPSA) is 90.5 Å². The Morgan fingerprint density at radius 1 is 0.871 bits per heavy atom. The van der Waals surface area contributed by atoms with Crippen LogP contribution in [0.5, 0.6) is 0 Å². The molecular formula is C19H17Cl2F3N4O3. The first-order valence-corrected chi connectivity index (χ1v) is 9.46. The van der Waals surface area contributed by atoms with Crippen LogP contribution in [0.2, 0.25) is 10.0 Å². The second kappa shape index (κ2) is 11.0. The number of amides is 3. The summed E-state index contributed by atoms with van der Waals surface area (Å²) in [5.41, 5.74) is -0.319. The van der Waals surface area contributed by atoms with Crippen molar-refractivity contribution in [3.63, 3.8) is 0 Å². The molecule has 0 fully saturated rings. The van der Waals surface area contributed by atoms with Crippen LogP contribution < -0.4 is 16.0 Å². The lowest BCUT2D eigenvalue weighted by molar-refractivity contribution is -0.125. The standard InChI is InChI=1S/C19H17Cl2F3N4O3/c1-28(9-16(31)27-19-10(20)3-2-4-11(19)21)8-15(30)25-7-14(29)26-13-6-5-12(22)17(23)18(13)24/h2-6H,7-9H2,1H3,(H,25,30)(H,26,29)(H,27,31). The van der Waals surface area contributed by atoms with Gasteiger partial charge in [0.05, 0.1) is 41.1 Å². The molecule has 2 rings (SSSR count). The number of carbonyl (C=O) groups excluding carboxylic acids is 3. The molecule has 0 spiro atoms. The highest BCUT2D eigenvalue weighted by atomic mass is 35.5. The van der Waals surface area contributed by atoms with Crippen LogP contribution >= 0.6 is 23.2 Å². The molecule has 0 atom stereocenters. The molecule has 12 heteroatoms. The number of para-hydroxylation sites is 1. The van der Waals surface area contributed by atoms with Crippen molar-refractivity contribution in [1.82, 2.24) is 10.2 Å². The number of hydrogen-bond donors (Lipinski definition) is 3. The molecule has 0 heterocycles. The lowest BCUT2D eigenvalue weighted by Crippen LogP contribution is -2.41. The minimum atomic E-state index is -1.72. The fourth-order valence-electron chi connectivity index (χ4n) is 2.39. The van der Waals surface area contributed by atoms with Gasteiger partial charge in [-0.1, -0.05) is 29.3 Å². The van der Waals surface area contributed by atoms with E-state index in [4.69, 9.17) is 23.2 Å². The van der Waals surface area contributed by atoms with E-state index >= 15 is 0 Å². The van der Waals surface area contributed by atoms with Crippen LogP contribution in [-0.2, 0) is 14.4 Å². The zero-order valence-electron chi connectivity index (χ0n) is 16.1. The van der Waals surface area contributed by atoms with Gasteiger partial charge in [-0.15, -0.1) is 0 Å². The number of nitrogens with zero attached hydrogens (tertiary/aromatic N) is 1. The molecule has 0 saturated heterocycles. The highest BCUT2D eigenvalue weighted by Crippen LogP contribution is 2.29. The van der Waals surface area contributed by atoms with Gasteiger partial charge in [-0.05, 0) is 31.3 Å². The Morgan fingerprint density at radius 2 is 1.48 bits per heavy atom. The Balaban J connectivity index is 1.78. The van der Waals surface area contributed by atoms with Crippen LogP contribution in [-0.4, -0.2) is 49.3 Å². The van der Waals surface area contributed by atoms with Crippen LogP contribution in [0.4, 0.5) is 24.5 Å². The quantitative estimate of drug-likeness (QED) is 0.510. The van der Waals surface area contributed by atoms with Gasteiger partial charge in [0.25, 0.3) is 0 Å². The lowest BCUT2D eigenvalue weighted by Gasteiger charge is -2.16. The lowest BCUT2D eigenvalue weighted by atomic mass is 10.2. The molecule has 3 N–H and O–H groups in total. The maximum atomic E-state index is 13.5. The van der Waals surface area contributed by atoms with Crippen molar-refractivity contribution in [3.05, 3.63) is 57.8 Å². The van der Waals surface area contributed by atoms with E-state index in [1.165, 1.54) is 11.9 Å². The van der Waals surface area contributed by atoms with Gasteiger partial charge in [0.15, 0.2) is 17.5 Å². The smallest absolute Gasteiger partial charge is 0.243 e. The minimum Gasteiger partial charge on any atom is -0.346 e. The number of hydrogen-bond acceptors (Lipinski definition) is 4. The number of nitrogens with one attached hydrogen (secondary N) is 3. The highest BCUT2D eigenvalue weighted by molar-refractivity contribution is 6.39. The van der Waals surface area contributed by atoms with Crippen LogP contribution in [0.25, 0.3) is 0 Å². The Labute approximate surface area is 185 Å². The average molecular weight is 477 g/mol. The van der Waals surface area contributed by atoms with Crippen molar-refractivity contribution in [2.24, 2.45) is 0 Å². The third-order valence-electron chi connectivity index (χ3n) is 3.81. The van der Waals surface area contributed by atoms with E-state index in [9.17, 15) is 27.6 Å². The van der Waals surface area contributed by atoms with Crippen molar-refractivity contribution in [3.8, 4) is 0 Å². The number of anilines is 2. The van der Waals surface area contributed by atoms with Gasteiger partial charge < -0.3 is 16.0 Å². The highest BCUT2D eigenvalue weighted by Gasteiger charge is 2.17. The number of likely N-dealkylation sites (N-methyl/N-ethyl adjacent to an activating group) is 1. The molecule has 2 aromatic carbocycles. The molecule has 0 aliphatic carbocycles. The van der Waals surface area contributed by atoms with Gasteiger partial charge in [-0.25, -0.2) is 13.2 Å². The summed E-state index contributed by atoms with van der Waals surface area (Å²) in [5, 5.41) is 7.33. The summed E-state index contributed by atoms with van der Waals surface area (Å²) in [5.74, 6) is -6.60. The Hall–Kier alpha value is -2.82. The van der Waals surface area contributed by atoms with Gasteiger partial charge in [0.1, 0.15) is 0 Å². The third kappa shape index (κ3) is 7.12. The molecule has 0 saturated carbocycles. The fourth-order valence-corrected chi connectivity index (χ4v) is 2.89. The zero-order chi connectivity index (χ0) is 23.1. The van der Waals surface area contributed by atoms with Crippen LogP contribution in [0.15, 0.2) is 30.3 Å². The van der Waals surface area contributed by atoms with Crippen molar-refractivity contribution in [2.45, 2.75) is 0 Å². The number of halogens is 5. The fraction of sp³-hybridized carbons (Fsp3) is 0.211. The second-order valence-electron chi connectivity index (χ2n) is 6.36. The van der Waals surface area contributed by atoms with E-state index in [-0.39, 0.29) is 28.8 Å². The van der Waals surface area contributed by atoms with E-state index in [1.807, 2.05) is 5.32 Å². The molecule has 166 valence electrons. The number of benzene rings is 2. The molecule has 7 nitrogen and oxygen atoms in total. The summed E-state index contributed by atoms with van der Waals surface area (Å²) in [6, 6.07) is 6.23. The SMILES string of the molecule is CN(CC(=O)NCC(=O)Nc1ccc(F)c(F)c1F)CC(=O)Nc1c(Cl)cccc1Cl. The normalized spacial score (nSPS) is 10.7. The van der Waals surface area contributed by atoms with Crippen LogP contribution in [0, 0.1) is 17.5 Å². The monoisotopic (exact) mass is 476 g/mol. The Bertz CT molecular complexity index is 987. The van der Waals surface area contributed by atoms with E-state index in [0.29, 0.717) is 6.07 Å². The van der Waals surface area contributed by atoms with Gasteiger partial charge in [0.2, 0.25) is 17.7 Å². The predicted molar refractivity (Wildman–Crippen MR) is 111 cm³/mol. The summed E-state index contributed by atoms with van der Waals surface area (Å²) in [6.45, 7) is -0.968. The molecule has 0 bridgehead atoms. The second-order valence-corrected chi connectivity index (χ2v) is 7.18. The first kappa shape index (κ1) is 24.4. The van der Waals surface area contributed by atoms with E-state index in [0.717, 1.165) is 6.07 Å². The van der Waals surface area contributed by atoms with Crippen LogP contribution in [0.1, 0.15) is 0 Å². The van der Waals surface area contributed by atoms with Crippen molar-refractivity contribution < 1.29 is 27.6 Å². The largest absolute Gasteiger partial charge is 0.346 e. The van der Waals surface area contributed by atoms with E-state index < -0.39 is 47.4 Å². The molecule has 31 heavy (non-hydrogen) atoms. The van der Waals surface area contributed by atoms with Crippen LogP contribution in [0.3, 0.4) is 0 Å². The molecule has 0 unspecified atom stereocenters. The molecule has 0 aliphatic rings. The Morgan fingerprint density at radius 3 is 2.13 bits per heavy atom. The van der Waals surface area contributed by atoms with E-state index in [1.54, 1.807) is 18.2 Å². The Kier molecular flexibility index (Phi) is 8.66. The molecule has 3 amide bonds. The van der Waals surface area contributed by atoms with Crippen molar-refractivity contribution >= 4 is 52.3 Å². The summed E-state index contributed by atoms with van der Waals surface area (Å²) >= 11 is 11.9. The zero-order valence-corrected chi connectivity index (χ0v) is 17.6. The molecule has 0 aromatic heterocycles. The van der Waals surface area contributed by atoms with Gasteiger partial charge in [-0.2, -0.15) is 0 Å². The predicted octanol–water partition coefficient (Wildman–Crippen LogP) is 3.04. The summed E-state index contributed by atoms with van der Waals surface area (Å²) < 4.78 is 39.6. The summed E-state index contributed by atoms with van der Waals surface area (Å²) in [4.78, 5) is 37.2. The van der Waals surface area contributed by atoms with Gasteiger partial charge in [-0.3, -0.25) is 19.3 Å². The van der Waals surface area contributed by atoms with Crippen molar-refractivity contribution in [2.75, 3.05) is 37.3 Å². The van der Waals surface area contributed by atoms with Crippen molar-refractivity contribution in [1.29, 1.82) is 0 Å². The average Bonchev–Trinajstić information content (AvgIpc) is 2.69. The molecule has 0 radical (unpaired) electrons. The first-order chi connectivity index (χ1) is 14.6. The van der Waals surface area contributed by atoms with E-state index in [2.05, 4.69) is 10.6 Å². The summed E-state index contributed by atoms with van der Waals surface area (Å²) in [7, 11) is 1.49. The molecule has 2 aromatic rings. The maximum Gasteiger partial charge on any atom is 0.243 e. The third-order valence-corrected chi connectivity index (χ3v) is 4.44. The number of carbonyl (C=O) groups is 3. The number of rotatable bonds is 8. The first-order valence-electron chi connectivity index (χ1n) is 8.71. The van der Waals surface area contributed by atoms with Gasteiger partial charge in [0, 0.05) is 0 Å². The molecular weight excluding hydrogens is 460 g/mol. The minimum absolute atomic E-state index is 0.179.